The van der Waals surface area contributed by atoms with Crippen LogP contribution in [-0.2, 0) is 14.8 Å². The number of nitrogens with one attached hydrogen (secondary N) is 1. The summed E-state index contributed by atoms with van der Waals surface area (Å²) in [5.74, 6) is 1.03. The second kappa shape index (κ2) is 10.5. The Kier molecular flexibility index (Phi) is 8.33. The van der Waals surface area contributed by atoms with Crippen molar-refractivity contribution in [3.05, 3.63) is 53.6 Å². The third-order valence-electron chi connectivity index (χ3n) is 4.75. The maximum absolute atomic E-state index is 12.8. The number of hydrogen-bond donors (Lipinski definition) is 1. The highest BCUT2D eigenvalue weighted by molar-refractivity contribution is 7.92. The minimum Gasteiger partial charge on any atom is -0.496 e. The van der Waals surface area contributed by atoms with Crippen LogP contribution in [0.2, 0.25) is 0 Å². The molecule has 0 saturated carbocycles. The van der Waals surface area contributed by atoms with Crippen molar-refractivity contribution in [2.75, 3.05) is 24.2 Å². The van der Waals surface area contributed by atoms with Crippen LogP contribution in [0, 0.1) is 6.92 Å². The van der Waals surface area contributed by atoms with Gasteiger partial charge in [0.1, 0.15) is 18.0 Å². The van der Waals surface area contributed by atoms with Crippen molar-refractivity contribution in [3.63, 3.8) is 0 Å². The molecule has 7 nitrogen and oxygen atoms in total. The van der Waals surface area contributed by atoms with Crippen LogP contribution < -0.4 is 19.1 Å². The van der Waals surface area contributed by atoms with Crippen molar-refractivity contribution in [1.82, 2.24) is 5.32 Å². The zero-order valence-electron chi connectivity index (χ0n) is 19.0. The Balaban J connectivity index is 2.17. The molecule has 31 heavy (non-hydrogen) atoms. The lowest BCUT2D eigenvalue weighted by molar-refractivity contribution is -0.120. The summed E-state index contributed by atoms with van der Waals surface area (Å²) < 4.78 is 36.7. The number of hydrogen-bond acceptors (Lipinski definition) is 5. The van der Waals surface area contributed by atoms with E-state index in [4.69, 9.17) is 9.47 Å². The first-order valence-corrected chi connectivity index (χ1v) is 12.1. The zero-order chi connectivity index (χ0) is 23.2. The van der Waals surface area contributed by atoms with E-state index in [0.717, 1.165) is 27.4 Å². The lowest BCUT2D eigenvalue weighted by Crippen LogP contribution is -2.41. The number of nitrogens with zero attached hydrogens (tertiary/aromatic N) is 1. The van der Waals surface area contributed by atoms with Crippen LogP contribution in [0.3, 0.4) is 0 Å². The number of ether oxygens (including phenoxy) is 2. The summed E-state index contributed by atoms with van der Waals surface area (Å²) in [5, 5.41) is 2.95. The van der Waals surface area contributed by atoms with E-state index in [1.54, 1.807) is 31.4 Å². The third kappa shape index (κ3) is 6.89. The van der Waals surface area contributed by atoms with Crippen molar-refractivity contribution >= 4 is 21.6 Å². The second-order valence-corrected chi connectivity index (χ2v) is 9.59. The number of carbonyl (C=O) groups is 1. The predicted octanol–water partition coefficient (Wildman–Crippen LogP) is 3.82. The molecular weight excluding hydrogens is 416 g/mol. The fourth-order valence-corrected chi connectivity index (χ4v) is 4.13. The largest absolute Gasteiger partial charge is 0.496 e. The molecule has 2 rings (SSSR count). The topological polar surface area (TPSA) is 84.9 Å². The number of aryl methyl sites for hydroxylation is 1. The van der Waals surface area contributed by atoms with Gasteiger partial charge in [0.05, 0.1) is 31.2 Å². The lowest BCUT2D eigenvalue weighted by atomic mass is 10.0. The van der Waals surface area contributed by atoms with Gasteiger partial charge in [-0.05, 0) is 68.7 Å². The van der Waals surface area contributed by atoms with Gasteiger partial charge >= 0.3 is 0 Å². The normalized spacial score (nSPS) is 12.4. The highest BCUT2D eigenvalue weighted by Crippen LogP contribution is 2.25. The molecule has 0 spiro atoms. The molecule has 2 aromatic rings. The number of amides is 1. The summed E-state index contributed by atoms with van der Waals surface area (Å²) in [5.41, 5.74) is 2.31. The molecule has 0 fully saturated rings. The molecule has 8 heteroatoms. The Morgan fingerprint density at radius 2 is 1.77 bits per heavy atom. The molecule has 1 N–H and O–H groups in total. The fraction of sp³-hybridized carbons (Fsp3) is 0.435. The van der Waals surface area contributed by atoms with Gasteiger partial charge in [0.2, 0.25) is 15.9 Å². The van der Waals surface area contributed by atoms with Crippen LogP contribution >= 0.6 is 0 Å². The SMILES string of the molecule is CC[C@H](NC(=O)CN(c1ccc(OC(C)C)cc1)S(C)(=O)=O)c1ccc(OC)c(C)c1. The van der Waals surface area contributed by atoms with Gasteiger partial charge in [-0.25, -0.2) is 8.42 Å². The zero-order valence-corrected chi connectivity index (χ0v) is 19.8. The van der Waals surface area contributed by atoms with E-state index in [-0.39, 0.29) is 24.6 Å². The highest BCUT2D eigenvalue weighted by atomic mass is 32.2. The quantitative estimate of drug-likeness (QED) is 0.597. The van der Waals surface area contributed by atoms with Crippen LogP contribution in [0.15, 0.2) is 42.5 Å². The third-order valence-corrected chi connectivity index (χ3v) is 5.89. The molecule has 0 bridgehead atoms. The van der Waals surface area contributed by atoms with E-state index in [0.29, 0.717) is 17.9 Å². The highest BCUT2D eigenvalue weighted by Gasteiger charge is 2.23. The van der Waals surface area contributed by atoms with Crippen LogP contribution in [0.25, 0.3) is 0 Å². The van der Waals surface area contributed by atoms with Crippen molar-refractivity contribution in [3.8, 4) is 11.5 Å². The number of carbonyl (C=O) groups excluding carboxylic acids is 1. The van der Waals surface area contributed by atoms with E-state index in [1.807, 2.05) is 45.9 Å². The summed E-state index contributed by atoms with van der Waals surface area (Å²) in [4.78, 5) is 12.8. The Hall–Kier alpha value is -2.74. The van der Waals surface area contributed by atoms with Gasteiger partial charge in [-0.2, -0.15) is 0 Å². The smallest absolute Gasteiger partial charge is 0.241 e. The fourth-order valence-electron chi connectivity index (χ4n) is 3.27. The minimum atomic E-state index is -3.66. The van der Waals surface area contributed by atoms with E-state index in [9.17, 15) is 13.2 Å². The van der Waals surface area contributed by atoms with Gasteiger partial charge in [0.25, 0.3) is 0 Å². The van der Waals surface area contributed by atoms with Gasteiger partial charge in [-0.1, -0.05) is 19.1 Å². The summed E-state index contributed by atoms with van der Waals surface area (Å²) in [6.07, 6.45) is 1.76. The molecule has 0 saturated heterocycles. The number of methoxy groups -OCH3 is 1. The Morgan fingerprint density at radius 1 is 1.13 bits per heavy atom. The molecular formula is C23H32N2O5S. The number of rotatable bonds is 10. The predicted molar refractivity (Wildman–Crippen MR) is 123 cm³/mol. The van der Waals surface area contributed by atoms with E-state index >= 15 is 0 Å². The molecule has 0 radical (unpaired) electrons. The first kappa shape index (κ1) is 24.5. The molecule has 1 amide bonds. The minimum absolute atomic E-state index is 0.00945. The van der Waals surface area contributed by atoms with Crippen LogP contribution in [0.4, 0.5) is 5.69 Å². The van der Waals surface area contributed by atoms with Crippen molar-refractivity contribution < 1.29 is 22.7 Å². The standard InChI is InChI=1S/C23H32N2O5S/c1-7-21(18-8-13-22(29-5)17(4)14-18)24-23(26)15-25(31(6,27)28)19-9-11-20(12-10-19)30-16(2)3/h8-14,16,21H,7,15H2,1-6H3,(H,24,26)/t21-/m0/s1. The average Bonchev–Trinajstić information content (AvgIpc) is 2.69. The van der Waals surface area contributed by atoms with E-state index < -0.39 is 10.0 Å². The van der Waals surface area contributed by atoms with Crippen LogP contribution in [-0.4, -0.2) is 40.3 Å². The summed E-state index contributed by atoms with van der Waals surface area (Å²) >= 11 is 0. The Morgan fingerprint density at radius 3 is 2.26 bits per heavy atom. The summed E-state index contributed by atoms with van der Waals surface area (Å²) in [6.45, 7) is 7.42. The molecule has 2 aromatic carbocycles. The van der Waals surface area contributed by atoms with Gasteiger partial charge in [0, 0.05) is 0 Å². The summed E-state index contributed by atoms with van der Waals surface area (Å²) in [7, 11) is -2.04. The first-order valence-electron chi connectivity index (χ1n) is 10.2. The molecule has 0 aliphatic carbocycles. The van der Waals surface area contributed by atoms with Crippen LogP contribution in [0.1, 0.15) is 44.4 Å². The maximum atomic E-state index is 12.8. The Bertz CT molecular complexity index is 988. The average molecular weight is 449 g/mol. The molecule has 0 aliphatic heterocycles. The number of sulfonamides is 1. The number of anilines is 1. The summed E-state index contributed by atoms with van der Waals surface area (Å²) in [6, 6.07) is 12.2. The Labute approximate surface area is 185 Å². The van der Waals surface area contributed by atoms with Gasteiger partial charge in [0.15, 0.2) is 0 Å². The first-order chi connectivity index (χ1) is 14.5. The van der Waals surface area contributed by atoms with Gasteiger partial charge < -0.3 is 14.8 Å². The van der Waals surface area contributed by atoms with Crippen molar-refractivity contribution in [1.29, 1.82) is 0 Å². The molecule has 0 aliphatic rings. The van der Waals surface area contributed by atoms with Gasteiger partial charge in [-0.3, -0.25) is 9.10 Å². The molecule has 170 valence electrons. The van der Waals surface area contributed by atoms with Crippen molar-refractivity contribution in [2.24, 2.45) is 0 Å². The van der Waals surface area contributed by atoms with Crippen LogP contribution in [0.5, 0.6) is 11.5 Å². The molecule has 1 atom stereocenters. The molecule has 0 aromatic heterocycles. The van der Waals surface area contributed by atoms with Gasteiger partial charge in [-0.15, -0.1) is 0 Å². The molecule has 0 heterocycles. The van der Waals surface area contributed by atoms with Crippen molar-refractivity contribution in [2.45, 2.75) is 46.3 Å². The van der Waals surface area contributed by atoms with E-state index in [1.165, 1.54) is 0 Å². The lowest BCUT2D eigenvalue weighted by Gasteiger charge is -2.24. The number of benzene rings is 2. The monoisotopic (exact) mass is 448 g/mol. The van der Waals surface area contributed by atoms with E-state index in [2.05, 4.69) is 5.32 Å². The maximum Gasteiger partial charge on any atom is 0.241 e. The molecule has 0 unspecified atom stereocenters. The second-order valence-electron chi connectivity index (χ2n) is 7.69.